The molecule has 1 saturated heterocycles. The van der Waals surface area contributed by atoms with Crippen molar-refractivity contribution in [3.05, 3.63) is 41.6 Å². The molecule has 0 saturated carbocycles. The molecule has 20 heavy (non-hydrogen) atoms. The van der Waals surface area contributed by atoms with E-state index in [-0.39, 0.29) is 5.69 Å². The van der Waals surface area contributed by atoms with E-state index in [0.29, 0.717) is 11.6 Å². The Labute approximate surface area is 117 Å². The van der Waals surface area contributed by atoms with E-state index < -0.39 is 5.97 Å². The van der Waals surface area contributed by atoms with Crippen LogP contribution in [0.5, 0.6) is 0 Å². The van der Waals surface area contributed by atoms with Crippen LogP contribution in [-0.2, 0) is 0 Å². The van der Waals surface area contributed by atoms with Gasteiger partial charge >= 0.3 is 5.97 Å². The second kappa shape index (κ2) is 5.09. The van der Waals surface area contributed by atoms with E-state index in [1.165, 1.54) is 5.56 Å². The molecule has 5 heteroatoms. The number of hydrogen-bond donors (Lipinski definition) is 2. The van der Waals surface area contributed by atoms with Crippen molar-refractivity contribution in [2.24, 2.45) is 0 Å². The van der Waals surface area contributed by atoms with Crippen LogP contribution >= 0.6 is 0 Å². The molecule has 1 aromatic heterocycles. The van der Waals surface area contributed by atoms with E-state index in [0.717, 1.165) is 25.1 Å². The highest BCUT2D eigenvalue weighted by molar-refractivity contribution is 5.87. The Balaban J connectivity index is 1.98. The number of benzene rings is 1. The number of aromatic nitrogens is 2. The number of aromatic amines is 1. The van der Waals surface area contributed by atoms with E-state index in [1.807, 2.05) is 18.2 Å². The molecule has 104 valence electrons. The SMILES string of the molecule is CN1CCC(c2ccccc2-c2cc(C(=O)O)[nH]n2)C1. The van der Waals surface area contributed by atoms with E-state index in [2.05, 4.69) is 28.2 Å². The average Bonchev–Trinajstić information content (AvgIpc) is 3.07. The van der Waals surface area contributed by atoms with Crippen molar-refractivity contribution in [2.75, 3.05) is 20.1 Å². The zero-order chi connectivity index (χ0) is 14.1. The summed E-state index contributed by atoms with van der Waals surface area (Å²) in [4.78, 5) is 13.3. The predicted octanol–water partition coefficient (Wildman–Crippen LogP) is 2.19. The standard InChI is InChI=1S/C15H17N3O2/c1-18-7-6-10(9-18)11-4-2-3-5-12(11)13-8-14(15(19)20)17-16-13/h2-5,8,10H,6-7,9H2,1H3,(H,16,17)(H,19,20). The number of nitrogens with zero attached hydrogens (tertiary/aromatic N) is 2. The van der Waals surface area contributed by atoms with Crippen molar-refractivity contribution in [1.82, 2.24) is 15.1 Å². The average molecular weight is 271 g/mol. The maximum absolute atomic E-state index is 11.0. The van der Waals surface area contributed by atoms with Crippen molar-refractivity contribution in [3.8, 4) is 11.3 Å². The van der Waals surface area contributed by atoms with Crippen LogP contribution in [0, 0.1) is 0 Å². The van der Waals surface area contributed by atoms with Gasteiger partial charge in [-0.3, -0.25) is 5.10 Å². The predicted molar refractivity (Wildman–Crippen MR) is 75.8 cm³/mol. The molecule has 0 bridgehead atoms. The van der Waals surface area contributed by atoms with Gasteiger partial charge in [0, 0.05) is 12.1 Å². The van der Waals surface area contributed by atoms with Gasteiger partial charge in [0.1, 0.15) is 5.69 Å². The summed E-state index contributed by atoms with van der Waals surface area (Å²) in [5, 5.41) is 15.7. The van der Waals surface area contributed by atoms with Crippen molar-refractivity contribution < 1.29 is 9.90 Å². The smallest absolute Gasteiger partial charge is 0.353 e. The number of H-pyrrole nitrogens is 1. The van der Waals surface area contributed by atoms with E-state index in [4.69, 9.17) is 5.11 Å². The normalized spacial score (nSPS) is 19.4. The number of likely N-dealkylation sites (N-methyl/N-ethyl adjacent to an activating group) is 1. The first kappa shape index (κ1) is 12.9. The fraction of sp³-hybridized carbons (Fsp3) is 0.333. The summed E-state index contributed by atoms with van der Waals surface area (Å²) in [6.07, 6.45) is 1.13. The summed E-state index contributed by atoms with van der Waals surface area (Å²) >= 11 is 0. The lowest BCUT2D eigenvalue weighted by atomic mass is 9.92. The number of likely N-dealkylation sites (tertiary alicyclic amines) is 1. The van der Waals surface area contributed by atoms with Crippen LogP contribution in [0.4, 0.5) is 0 Å². The van der Waals surface area contributed by atoms with Gasteiger partial charge in [-0.25, -0.2) is 4.79 Å². The summed E-state index contributed by atoms with van der Waals surface area (Å²) in [5.74, 6) is -0.497. The quantitative estimate of drug-likeness (QED) is 0.898. The van der Waals surface area contributed by atoms with Crippen LogP contribution in [0.2, 0.25) is 0 Å². The van der Waals surface area contributed by atoms with Gasteiger partial charge in [-0.05, 0) is 37.6 Å². The minimum atomic E-state index is -0.984. The highest BCUT2D eigenvalue weighted by Gasteiger charge is 2.24. The van der Waals surface area contributed by atoms with E-state index in [9.17, 15) is 4.79 Å². The molecule has 1 aromatic carbocycles. The summed E-state index contributed by atoms with van der Waals surface area (Å²) in [6.45, 7) is 2.13. The third-order valence-electron chi connectivity index (χ3n) is 3.88. The van der Waals surface area contributed by atoms with Gasteiger partial charge in [0.25, 0.3) is 0 Å². The molecule has 1 aliphatic rings. The molecule has 0 aliphatic carbocycles. The molecule has 3 rings (SSSR count). The van der Waals surface area contributed by atoms with E-state index in [1.54, 1.807) is 6.07 Å². The van der Waals surface area contributed by atoms with Crippen LogP contribution in [-0.4, -0.2) is 46.3 Å². The van der Waals surface area contributed by atoms with Gasteiger partial charge in [0.2, 0.25) is 0 Å². The Bertz CT molecular complexity index is 636. The van der Waals surface area contributed by atoms with Crippen LogP contribution < -0.4 is 0 Å². The monoisotopic (exact) mass is 271 g/mol. The lowest BCUT2D eigenvalue weighted by molar-refractivity contribution is 0.0690. The van der Waals surface area contributed by atoms with Gasteiger partial charge in [-0.1, -0.05) is 24.3 Å². The lowest BCUT2D eigenvalue weighted by Gasteiger charge is -2.14. The van der Waals surface area contributed by atoms with Gasteiger partial charge < -0.3 is 10.0 Å². The molecule has 0 radical (unpaired) electrons. The highest BCUT2D eigenvalue weighted by atomic mass is 16.4. The molecular weight excluding hydrogens is 254 g/mol. The zero-order valence-electron chi connectivity index (χ0n) is 11.3. The minimum absolute atomic E-state index is 0.123. The number of carbonyl (C=O) groups is 1. The molecule has 1 fully saturated rings. The van der Waals surface area contributed by atoms with Crippen molar-refractivity contribution in [1.29, 1.82) is 0 Å². The molecule has 1 atom stereocenters. The lowest BCUT2D eigenvalue weighted by Crippen LogP contribution is -2.13. The second-order valence-electron chi connectivity index (χ2n) is 5.31. The van der Waals surface area contributed by atoms with Crippen LogP contribution in [0.1, 0.15) is 28.4 Å². The fourth-order valence-corrected chi connectivity index (χ4v) is 2.84. The van der Waals surface area contributed by atoms with Gasteiger partial charge in [-0.15, -0.1) is 0 Å². The van der Waals surface area contributed by atoms with Gasteiger partial charge in [0.15, 0.2) is 0 Å². The summed E-state index contributed by atoms with van der Waals surface area (Å²) in [7, 11) is 2.12. The van der Waals surface area contributed by atoms with Crippen molar-refractivity contribution in [2.45, 2.75) is 12.3 Å². The first-order chi connectivity index (χ1) is 9.65. The van der Waals surface area contributed by atoms with Gasteiger partial charge in [0.05, 0.1) is 5.69 Å². The maximum Gasteiger partial charge on any atom is 0.353 e. The first-order valence-electron chi connectivity index (χ1n) is 6.71. The number of carboxylic acids is 1. The summed E-state index contributed by atoms with van der Waals surface area (Å²) in [5.41, 5.74) is 3.10. The Kier molecular flexibility index (Phi) is 3.28. The fourth-order valence-electron chi connectivity index (χ4n) is 2.84. The molecule has 0 spiro atoms. The first-order valence-corrected chi connectivity index (χ1v) is 6.71. The maximum atomic E-state index is 11.0. The number of rotatable bonds is 3. The third kappa shape index (κ3) is 2.32. The molecular formula is C15H17N3O2. The highest BCUT2D eigenvalue weighted by Crippen LogP contribution is 2.33. The van der Waals surface area contributed by atoms with Crippen molar-refractivity contribution in [3.63, 3.8) is 0 Å². The van der Waals surface area contributed by atoms with Crippen molar-refractivity contribution >= 4 is 5.97 Å². The largest absolute Gasteiger partial charge is 0.477 e. The zero-order valence-corrected chi connectivity index (χ0v) is 11.3. The summed E-state index contributed by atoms with van der Waals surface area (Å²) in [6, 6.07) is 9.72. The molecule has 1 unspecified atom stereocenters. The number of nitrogens with one attached hydrogen (secondary N) is 1. The molecule has 1 aliphatic heterocycles. The Morgan fingerprint density at radius 1 is 1.45 bits per heavy atom. The Morgan fingerprint density at radius 3 is 2.90 bits per heavy atom. The Hall–Kier alpha value is -2.14. The molecule has 5 nitrogen and oxygen atoms in total. The summed E-state index contributed by atoms with van der Waals surface area (Å²) < 4.78 is 0. The topological polar surface area (TPSA) is 69.2 Å². The number of aromatic carboxylic acids is 1. The Morgan fingerprint density at radius 2 is 2.25 bits per heavy atom. The molecule has 2 N–H and O–H groups in total. The van der Waals surface area contributed by atoms with Gasteiger partial charge in [-0.2, -0.15) is 5.10 Å². The number of carboxylic acid groups (broad SMARTS) is 1. The molecule has 2 heterocycles. The minimum Gasteiger partial charge on any atom is -0.477 e. The molecule has 2 aromatic rings. The molecule has 0 amide bonds. The third-order valence-corrected chi connectivity index (χ3v) is 3.88. The van der Waals surface area contributed by atoms with E-state index >= 15 is 0 Å². The number of hydrogen-bond acceptors (Lipinski definition) is 3. The van der Waals surface area contributed by atoms with Crippen LogP contribution in [0.3, 0.4) is 0 Å². The second-order valence-corrected chi connectivity index (χ2v) is 5.31. The van der Waals surface area contributed by atoms with Crippen LogP contribution in [0.25, 0.3) is 11.3 Å². The van der Waals surface area contributed by atoms with Crippen LogP contribution in [0.15, 0.2) is 30.3 Å².